The molecule has 0 saturated heterocycles. The highest BCUT2D eigenvalue weighted by atomic mass is 79.9. The summed E-state index contributed by atoms with van der Waals surface area (Å²) in [5.74, 6) is 0.679. The van der Waals surface area contributed by atoms with Crippen LogP contribution in [-0.2, 0) is 13.0 Å². The Morgan fingerprint density at radius 3 is 2.55 bits per heavy atom. The van der Waals surface area contributed by atoms with Crippen molar-refractivity contribution in [2.45, 2.75) is 13.0 Å². The monoisotopic (exact) mass is 373 g/mol. The highest BCUT2D eigenvalue weighted by Gasteiger charge is 2.09. The van der Waals surface area contributed by atoms with Gasteiger partial charge in [0.05, 0.1) is 5.02 Å². The normalized spacial score (nSPS) is 10.6. The predicted molar refractivity (Wildman–Crippen MR) is 87.7 cm³/mol. The third kappa shape index (κ3) is 3.89. The number of para-hydroxylation sites is 1. The van der Waals surface area contributed by atoms with Gasteiger partial charge in [-0.1, -0.05) is 57.3 Å². The molecule has 20 heavy (non-hydrogen) atoms. The molecule has 0 aliphatic rings. The van der Waals surface area contributed by atoms with Gasteiger partial charge >= 0.3 is 0 Å². The molecule has 0 spiro atoms. The summed E-state index contributed by atoms with van der Waals surface area (Å²) in [4.78, 5) is 0. The second-order valence-electron chi connectivity index (χ2n) is 4.29. The van der Waals surface area contributed by atoms with Crippen LogP contribution in [-0.4, -0.2) is 6.54 Å². The Bertz CT molecular complexity index is 604. The van der Waals surface area contributed by atoms with Crippen molar-refractivity contribution in [3.63, 3.8) is 0 Å². The highest BCUT2D eigenvalue weighted by Crippen LogP contribution is 2.30. The lowest BCUT2D eigenvalue weighted by Gasteiger charge is -2.13. The molecule has 2 aromatic carbocycles. The quantitative estimate of drug-likeness (QED) is 0.812. The summed E-state index contributed by atoms with van der Waals surface area (Å²) in [6.07, 6.45) is 0.726. The Balaban J connectivity index is 2.18. The summed E-state index contributed by atoms with van der Waals surface area (Å²) in [6.45, 7) is 0.920. The zero-order chi connectivity index (χ0) is 14.5. The number of ether oxygens (including phenoxy) is 1. The molecule has 2 N–H and O–H groups in total. The third-order valence-corrected chi connectivity index (χ3v) is 3.99. The van der Waals surface area contributed by atoms with E-state index in [1.165, 1.54) is 0 Å². The Morgan fingerprint density at radius 2 is 1.85 bits per heavy atom. The first-order valence-electron chi connectivity index (χ1n) is 6.16. The molecule has 0 heterocycles. The number of hydrogen-bond donors (Lipinski definition) is 1. The van der Waals surface area contributed by atoms with E-state index in [2.05, 4.69) is 15.9 Å². The Hall–Kier alpha value is -0.740. The second kappa shape index (κ2) is 7.32. The average molecular weight is 375 g/mol. The molecule has 2 nitrogen and oxygen atoms in total. The lowest BCUT2D eigenvalue weighted by molar-refractivity contribution is 0.303. The summed E-state index contributed by atoms with van der Waals surface area (Å²) in [7, 11) is 0. The fourth-order valence-corrected chi connectivity index (χ4v) is 2.83. The van der Waals surface area contributed by atoms with Gasteiger partial charge in [-0.2, -0.15) is 0 Å². The van der Waals surface area contributed by atoms with Crippen LogP contribution in [0, 0.1) is 0 Å². The fraction of sp³-hybridized carbons (Fsp3) is 0.200. The molecular weight excluding hydrogens is 361 g/mol. The van der Waals surface area contributed by atoms with Crippen LogP contribution in [0.5, 0.6) is 5.75 Å². The Labute approximate surface area is 137 Å². The van der Waals surface area contributed by atoms with Gasteiger partial charge in [-0.15, -0.1) is 0 Å². The third-order valence-electron chi connectivity index (χ3n) is 2.85. The van der Waals surface area contributed by atoms with E-state index in [9.17, 15) is 0 Å². The summed E-state index contributed by atoms with van der Waals surface area (Å²) in [5.41, 5.74) is 7.52. The number of benzene rings is 2. The fourth-order valence-electron chi connectivity index (χ4n) is 1.86. The molecule has 0 radical (unpaired) electrons. The van der Waals surface area contributed by atoms with Gasteiger partial charge in [0.15, 0.2) is 0 Å². The van der Waals surface area contributed by atoms with Crippen molar-refractivity contribution in [1.29, 1.82) is 0 Å². The van der Waals surface area contributed by atoms with Gasteiger partial charge in [0.25, 0.3) is 0 Å². The van der Waals surface area contributed by atoms with Crippen molar-refractivity contribution in [1.82, 2.24) is 0 Å². The molecule has 0 atom stereocenters. The van der Waals surface area contributed by atoms with Gasteiger partial charge in [-0.25, -0.2) is 0 Å². The van der Waals surface area contributed by atoms with Crippen molar-refractivity contribution in [3.05, 3.63) is 62.0 Å². The first kappa shape index (κ1) is 15.6. The first-order chi connectivity index (χ1) is 9.61. The van der Waals surface area contributed by atoms with Gasteiger partial charge < -0.3 is 10.5 Å². The summed E-state index contributed by atoms with van der Waals surface area (Å²) in [6, 6.07) is 11.4. The van der Waals surface area contributed by atoms with Crippen molar-refractivity contribution >= 4 is 39.1 Å². The van der Waals surface area contributed by atoms with Gasteiger partial charge in [0.2, 0.25) is 0 Å². The topological polar surface area (TPSA) is 35.2 Å². The van der Waals surface area contributed by atoms with E-state index in [-0.39, 0.29) is 0 Å². The number of nitrogens with two attached hydrogens (primary N) is 1. The number of hydrogen-bond acceptors (Lipinski definition) is 2. The van der Waals surface area contributed by atoms with E-state index in [1.54, 1.807) is 6.07 Å². The molecule has 0 fully saturated rings. The Morgan fingerprint density at radius 1 is 1.05 bits per heavy atom. The first-order valence-corrected chi connectivity index (χ1v) is 7.71. The minimum absolute atomic E-state index is 0.368. The molecular formula is C15H14BrCl2NO. The lowest BCUT2D eigenvalue weighted by Crippen LogP contribution is -2.06. The van der Waals surface area contributed by atoms with Crippen molar-refractivity contribution in [3.8, 4) is 5.75 Å². The van der Waals surface area contributed by atoms with E-state index in [0.29, 0.717) is 28.9 Å². The maximum Gasteiger partial charge on any atom is 0.141 e. The van der Waals surface area contributed by atoms with Crippen molar-refractivity contribution in [2.24, 2.45) is 5.73 Å². The summed E-state index contributed by atoms with van der Waals surface area (Å²) in [5, 5.41) is 1.25. The Kier molecular flexibility index (Phi) is 5.73. The van der Waals surface area contributed by atoms with E-state index in [0.717, 1.165) is 22.0 Å². The molecule has 2 rings (SSSR count). The van der Waals surface area contributed by atoms with E-state index in [1.807, 2.05) is 30.3 Å². The van der Waals surface area contributed by atoms with Gasteiger partial charge in [0, 0.05) is 15.1 Å². The minimum atomic E-state index is 0.368. The minimum Gasteiger partial charge on any atom is -0.487 e. The molecule has 0 aliphatic carbocycles. The van der Waals surface area contributed by atoms with Crippen LogP contribution in [0.1, 0.15) is 11.1 Å². The molecule has 2 aromatic rings. The van der Waals surface area contributed by atoms with Crippen LogP contribution >= 0.6 is 39.1 Å². The molecule has 5 heteroatoms. The molecule has 0 bridgehead atoms. The van der Waals surface area contributed by atoms with Crippen LogP contribution in [0.25, 0.3) is 0 Å². The standard InChI is InChI=1S/C15H14BrCl2NO/c16-12-5-4-11(14(18)8-12)9-20-15-10(6-7-19)2-1-3-13(15)17/h1-5,8H,6-7,9,19H2. The SMILES string of the molecule is NCCc1cccc(Cl)c1OCc1ccc(Br)cc1Cl. The van der Waals surface area contributed by atoms with Crippen molar-refractivity contribution < 1.29 is 4.74 Å². The van der Waals surface area contributed by atoms with Gasteiger partial charge in [0.1, 0.15) is 12.4 Å². The van der Waals surface area contributed by atoms with E-state index >= 15 is 0 Å². The van der Waals surface area contributed by atoms with Gasteiger partial charge in [-0.3, -0.25) is 0 Å². The largest absolute Gasteiger partial charge is 0.487 e. The molecule has 0 aromatic heterocycles. The molecule has 0 amide bonds. The number of halogens is 3. The maximum absolute atomic E-state index is 6.19. The maximum atomic E-state index is 6.19. The van der Waals surface area contributed by atoms with Crippen LogP contribution < -0.4 is 10.5 Å². The smallest absolute Gasteiger partial charge is 0.141 e. The zero-order valence-corrected chi connectivity index (χ0v) is 13.8. The van der Waals surface area contributed by atoms with Gasteiger partial charge in [-0.05, 0) is 36.7 Å². The highest BCUT2D eigenvalue weighted by molar-refractivity contribution is 9.10. The predicted octanol–water partition coefficient (Wildman–Crippen LogP) is 4.84. The zero-order valence-electron chi connectivity index (χ0n) is 10.7. The van der Waals surface area contributed by atoms with E-state index in [4.69, 9.17) is 33.7 Å². The van der Waals surface area contributed by atoms with Crippen LogP contribution in [0.2, 0.25) is 10.0 Å². The molecule has 106 valence electrons. The summed E-state index contributed by atoms with van der Waals surface area (Å²) < 4.78 is 6.78. The van der Waals surface area contributed by atoms with Crippen LogP contribution in [0.3, 0.4) is 0 Å². The lowest BCUT2D eigenvalue weighted by atomic mass is 10.1. The van der Waals surface area contributed by atoms with Crippen molar-refractivity contribution in [2.75, 3.05) is 6.54 Å². The molecule has 0 saturated carbocycles. The van der Waals surface area contributed by atoms with Crippen LogP contribution in [0.4, 0.5) is 0 Å². The van der Waals surface area contributed by atoms with Crippen LogP contribution in [0.15, 0.2) is 40.9 Å². The average Bonchev–Trinajstić information content (AvgIpc) is 2.40. The second-order valence-corrected chi connectivity index (χ2v) is 6.02. The van der Waals surface area contributed by atoms with E-state index < -0.39 is 0 Å². The summed E-state index contributed by atoms with van der Waals surface area (Å²) >= 11 is 15.7. The molecule has 0 unspecified atom stereocenters. The number of rotatable bonds is 5. The molecule has 0 aliphatic heterocycles.